The van der Waals surface area contributed by atoms with Crippen LogP contribution in [-0.4, -0.2) is 12.2 Å². The molecule has 0 fully saturated rings. The fourth-order valence-corrected chi connectivity index (χ4v) is 1.31. The molecule has 0 radical (unpaired) electrons. The summed E-state index contributed by atoms with van der Waals surface area (Å²) in [5.74, 6) is 0.612. The number of hydrogen-bond acceptors (Lipinski definition) is 1. The van der Waals surface area contributed by atoms with Crippen molar-refractivity contribution in [2.45, 2.75) is 5.88 Å². The smallest absolute Gasteiger partial charge is 0.0474 e. The maximum atomic E-state index is 7.00. The lowest BCUT2D eigenvalue weighted by atomic mass is 10.2. The summed E-state index contributed by atoms with van der Waals surface area (Å²) in [5, 5.41) is 7.79. The molecular weight excluding hydrogens is 255 g/mol. The standard InChI is InChI=1S/C7H7Cl.C6H5Cl.CH4O/c8-6-7-4-2-1-3-5-7;7-6-4-2-1-3-5-6;1-2/h1-5H,6H2;1-5H;2H,1H3. The zero-order valence-electron chi connectivity index (χ0n) is 9.68. The van der Waals surface area contributed by atoms with E-state index < -0.39 is 0 Å². The molecule has 0 unspecified atom stereocenters. The summed E-state index contributed by atoms with van der Waals surface area (Å²) < 4.78 is 0. The van der Waals surface area contributed by atoms with Crippen molar-refractivity contribution in [3.8, 4) is 0 Å². The van der Waals surface area contributed by atoms with E-state index in [0.29, 0.717) is 5.88 Å². The normalized spacial score (nSPS) is 8.24. The van der Waals surface area contributed by atoms with Gasteiger partial charge in [0, 0.05) is 18.0 Å². The van der Waals surface area contributed by atoms with Crippen LogP contribution in [0.4, 0.5) is 0 Å². The van der Waals surface area contributed by atoms with Gasteiger partial charge in [0.05, 0.1) is 0 Å². The molecule has 0 amide bonds. The second kappa shape index (κ2) is 11.5. The molecule has 0 saturated heterocycles. The molecule has 0 aliphatic heterocycles. The Kier molecular flexibility index (Phi) is 10.8. The molecule has 92 valence electrons. The fourth-order valence-electron chi connectivity index (χ4n) is 0.982. The molecule has 0 aliphatic carbocycles. The van der Waals surface area contributed by atoms with Crippen LogP contribution in [0, 0.1) is 0 Å². The fraction of sp³-hybridized carbons (Fsp3) is 0.143. The summed E-state index contributed by atoms with van der Waals surface area (Å²) in [6.07, 6.45) is 0. The summed E-state index contributed by atoms with van der Waals surface area (Å²) in [6.45, 7) is 0. The monoisotopic (exact) mass is 270 g/mol. The van der Waals surface area contributed by atoms with Crippen molar-refractivity contribution in [3.05, 3.63) is 71.2 Å². The predicted octanol–water partition coefficient (Wildman–Crippen LogP) is 4.37. The van der Waals surface area contributed by atoms with Crippen LogP contribution in [0.15, 0.2) is 60.7 Å². The van der Waals surface area contributed by atoms with Crippen LogP contribution >= 0.6 is 23.2 Å². The highest BCUT2D eigenvalue weighted by molar-refractivity contribution is 6.30. The van der Waals surface area contributed by atoms with Gasteiger partial charge in [0.25, 0.3) is 0 Å². The SMILES string of the molecule is CO.ClCc1ccccc1.Clc1ccccc1. The van der Waals surface area contributed by atoms with Gasteiger partial charge in [-0.15, -0.1) is 11.6 Å². The first-order valence-electron chi connectivity index (χ1n) is 5.08. The van der Waals surface area contributed by atoms with Crippen LogP contribution in [0.1, 0.15) is 5.56 Å². The Balaban J connectivity index is 0.000000265. The topological polar surface area (TPSA) is 20.2 Å². The lowest BCUT2D eigenvalue weighted by Gasteiger charge is -1.88. The molecule has 2 rings (SSSR count). The molecule has 0 atom stereocenters. The summed E-state index contributed by atoms with van der Waals surface area (Å²) in [7, 11) is 1.00. The van der Waals surface area contributed by atoms with E-state index in [-0.39, 0.29) is 0 Å². The van der Waals surface area contributed by atoms with Gasteiger partial charge in [-0.2, -0.15) is 0 Å². The van der Waals surface area contributed by atoms with Gasteiger partial charge in [-0.1, -0.05) is 60.1 Å². The molecule has 1 N–H and O–H groups in total. The first kappa shape index (κ1) is 16.0. The minimum Gasteiger partial charge on any atom is -0.400 e. The molecule has 1 nitrogen and oxygen atoms in total. The largest absolute Gasteiger partial charge is 0.400 e. The number of aliphatic hydroxyl groups excluding tert-OH is 1. The van der Waals surface area contributed by atoms with E-state index in [0.717, 1.165) is 12.1 Å². The third kappa shape index (κ3) is 8.75. The Bertz CT molecular complexity index is 362. The Labute approximate surface area is 113 Å². The second-order valence-electron chi connectivity index (χ2n) is 2.91. The van der Waals surface area contributed by atoms with Gasteiger partial charge in [-0.05, 0) is 17.7 Å². The predicted molar refractivity (Wildman–Crippen MR) is 75.6 cm³/mol. The number of aliphatic hydroxyl groups is 1. The quantitative estimate of drug-likeness (QED) is 0.763. The minimum absolute atomic E-state index is 0.612. The molecule has 0 aliphatic rings. The number of halogens is 2. The van der Waals surface area contributed by atoms with Crippen LogP contribution in [0.3, 0.4) is 0 Å². The molecule has 2 aromatic carbocycles. The highest BCUT2D eigenvalue weighted by Crippen LogP contribution is 2.03. The van der Waals surface area contributed by atoms with Gasteiger partial charge in [0.2, 0.25) is 0 Å². The van der Waals surface area contributed by atoms with Crippen molar-refractivity contribution >= 4 is 23.2 Å². The van der Waals surface area contributed by atoms with Crippen LogP contribution in [0.25, 0.3) is 0 Å². The number of alkyl halides is 1. The van der Waals surface area contributed by atoms with Crippen LogP contribution in [0.5, 0.6) is 0 Å². The zero-order valence-corrected chi connectivity index (χ0v) is 11.2. The summed E-state index contributed by atoms with van der Waals surface area (Å²) in [4.78, 5) is 0. The highest BCUT2D eigenvalue weighted by Gasteiger charge is 1.81. The van der Waals surface area contributed by atoms with Crippen molar-refractivity contribution in [3.63, 3.8) is 0 Å². The Morgan fingerprint density at radius 2 is 1.24 bits per heavy atom. The van der Waals surface area contributed by atoms with Gasteiger partial charge in [-0.25, -0.2) is 0 Å². The van der Waals surface area contributed by atoms with Crippen LogP contribution in [-0.2, 0) is 5.88 Å². The molecule has 0 aromatic heterocycles. The van der Waals surface area contributed by atoms with Crippen molar-refractivity contribution in [2.75, 3.05) is 7.11 Å². The van der Waals surface area contributed by atoms with E-state index in [2.05, 4.69) is 0 Å². The Morgan fingerprint density at radius 3 is 1.47 bits per heavy atom. The number of rotatable bonds is 1. The minimum atomic E-state index is 0.612. The highest BCUT2D eigenvalue weighted by atomic mass is 35.5. The van der Waals surface area contributed by atoms with Crippen LogP contribution in [0.2, 0.25) is 5.02 Å². The van der Waals surface area contributed by atoms with E-state index in [4.69, 9.17) is 28.3 Å². The van der Waals surface area contributed by atoms with Gasteiger partial charge < -0.3 is 5.11 Å². The number of benzene rings is 2. The van der Waals surface area contributed by atoms with Crippen molar-refractivity contribution in [1.82, 2.24) is 0 Å². The molecule has 17 heavy (non-hydrogen) atoms. The molecule has 0 bridgehead atoms. The van der Waals surface area contributed by atoms with E-state index >= 15 is 0 Å². The zero-order chi connectivity index (χ0) is 12.9. The first-order chi connectivity index (χ1) is 8.33. The lowest BCUT2D eigenvalue weighted by Crippen LogP contribution is -1.71. The summed E-state index contributed by atoms with van der Waals surface area (Å²) in [6, 6.07) is 19.4. The van der Waals surface area contributed by atoms with E-state index in [9.17, 15) is 0 Å². The van der Waals surface area contributed by atoms with Gasteiger partial charge in [0.1, 0.15) is 0 Å². The summed E-state index contributed by atoms with van der Waals surface area (Å²) >= 11 is 11.1. The second-order valence-corrected chi connectivity index (χ2v) is 3.62. The van der Waals surface area contributed by atoms with E-state index in [1.54, 1.807) is 0 Å². The molecule has 2 aromatic rings. The van der Waals surface area contributed by atoms with E-state index in [1.807, 2.05) is 60.7 Å². The Hall–Kier alpha value is -1.02. The van der Waals surface area contributed by atoms with Crippen molar-refractivity contribution in [2.24, 2.45) is 0 Å². The van der Waals surface area contributed by atoms with Gasteiger partial charge >= 0.3 is 0 Å². The molecule has 0 spiro atoms. The molecule has 0 heterocycles. The van der Waals surface area contributed by atoms with Crippen molar-refractivity contribution in [1.29, 1.82) is 0 Å². The first-order valence-corrected chi connectivity index (χ1v) is 5.99. The van der Waals surface area contributed by atoms with Gasteiger partial charge in [0.15, 0.2) is 0 Å². The molecule has 0 saturated carbocycles. The maximum absolute atomic E-state index is 7.00. The number of hydrogen-bond donors (Lipinski definition) is 1. The average Bonchev–Trinajstić information content (AvgIpc) is 2.43. The third-order valence-corrected chi connectivity index (χ3v) is 2.29. The molecular formula is C14H16Cl2O. The lowest BCUT2D eigenvalue weighted by molar-refractivity contribution is 0.399. The van der Waals surface area contributed by atoms with Crippen molar-refractivity contribution < 1.29 is 5.11 Å². The van der Waals surface area contributed by atoms with E-state index in [1.165, 1.54) is 5.56 Å². The maximum Gasteiger partial charge on any atom is 0.0474 e. The third-order valence-electron chi connectivity index (χ3n) is 1.73. The average molecular weight is 271 g/mol. The summed E-state index contributed by atoms with van der Waals surface area (Å²) in [5.41, 5.74) is 1.18. The Morgan fingerprint density at radius 1 is 0.824 bits per heavy atom. The molecule has 3 heteroatoms. The van der Waals surface area contributed by atoms with Gasteiger partial charge in [-0.3, -0.25) is 0 Å². The van der Waals surface area contributed by atoms with Crippen LogP contribution < -0.4 is 0 Å².